The van der Waals surface area contributed by atoms with Crippen molar-refractivity contribution in [3.8, 4) is 11.5 Å². The van der Waals surface area contributed by atoms with Crippen molar-refractivity contribution in [1.82, 2.24) is 0 Å². The summed E-state index contributed by atoms with van der Waals surface area (Å²) >= 11 is 5.91. The van der Waals surface area contributed by atoms with Gasteiger partial charge in [0.1, 0.15) is 17.9 Å². The lowest BCUT2D eigenvalue weighted by Crippen LogP contribution is -2.08. The third-order valence-electron chi connectivity index (χ3n) is 3.12. The second kappa shape index (κ2) is 7.19. The van der Waals surface area contributed by atoms with Crippen molar-refractivity contribution in [3.63, 3.8) is 0 Å². The Morgan fingerprint density at radius 2 is 1.87 bits per heavy atom. The van der Waals surface area contributed by atoms with Crippen LogP contribution in [0, 0.1) is 5.82 Å². The molecule has 0 aromatic heterocycles. The number of benzene rings is 2. The minimum atomic E-state index is -0.653. The Morgan fingerprint density at radius 3 is 2.48 bits per heavy atom. The van der Waals surface area contributed by atoms with E-state index >= 15 is 0 Å². The van der Waals surface area contributed by atoms with Crippen molar-refractivity contribution in [2.75, 3.05) is 20.0 Å². The topological polar surface area (TPSA) is 70.8 Å². The predicted octanol–water partition coefficient (Wildman–Crippen LogP) is 3.44. The number of nitrogen functional groups attached to an aromatic ring is 1. The molecule has 0 unspecified atom stereocenters. The molecule has 0 aliphatic carbocycles. The van der Waals surface area contributed by atoms with Crippen LogP contribution in [-0.2, 0) is 11.3 Å². The molecule has 2 aromatic rings. The van der Waals surface area contributed by atoms with Gasteiger partial charge in [0.05, 0.1) is 24.9 Å². The molecular weight excluding hydrogens is 325 g/mol. The number of halogens is 2. The summed E-state index contributed by atoms with van der Waals surface area (Å²) in [5, 5.41) is 0.216. The summed E-state index contributed by atoms with van der Waals surface area (Å²) in [6.45, 7) is -0.106. The van der Waals surface area contributed by atoms with Crippen molar-refractivity contribution in [1.29, 1.82) is 0 Å². The van der Waals surface area contributed by atoms with Gasteiger partial charge in [-0.3, -0.25) is 0 Å². The van der Waals surface area contributed by atoms with E-state index in [1.54, 1.807) is 6.07 Å². The van der Waals surface area contributed by atoms with Crippen LogP contribution in [0.4, 0.5) is 10.1 Å². The van der Waals surface area contributed by atoms with E-state index in [2.05, 4.69) is 0 Å². The molecule has 0 heterocycles. The summed E-state index contributed by atoms with van der Waals surface area (Å²) < 4.78 is 28.7. The number of esters is 1. The Morgan fingerprint density at radius 1 is 1.17 bits per heavy atom. The van der Waals surface area contributed by atoms with E-state index in [4.69, 9.17) is 31.5 Å². The zero-order valence-electron chi connectivity index (χ0n) is 12.6. The fraction of sp³-hybridized carbons (Fsp3) is 0.188. The molecular formula is C16H15ClFNO4. The molecule has 23 heavy (non-hydrogen) atoms. The first-order valence-corrected chi connectivity index (χ1v) is 6.96. The molecule has 122 valence electrons. The zero-order chi connectivity index (χ0) is 17.0. The fourth-order valence-electron chi connectivity index (χ4n) is 1.92. The van der Waals surface area contributed by atoms with E-state index in [1.165, 1.54) is 38.5 Å². The van der Waals surface area contributed by atoms with Crippen LogP contribution < -0.4 is 15.2 Å². The Labute approximate surface area is 137 Å². The zero-order valence-corrected chi connectivity index (χ0v) is 13.3. The average molecular weight is 340 g/mol. The van der Waals surface area contributed by atoms with Gasteiger partial charge in [-0.1, -0.05) is 17.7 Å². The van der Waals surface area contributed by atoms with Gasteiger partial charge < -0.3 is 19.9 Å². The highest BCUT2D eigenvalue weighted by Gasteiger charge is 2.17. The first-order valence-electron chi connectivity index (χ1n) is 6.58. The fourth-order valence-corrected chi connectivity index (χ4v) is 2.09. The molecule has 2 rings (SSSR count). The van der Waals surface area contributed by atoms with Crippen LogP contribution in [0.5, 0.6) is 11.5 Å². The van der Waals surface area contributed by atoms with Gasteiger partial charge >= 0.3 is 5.97 Å². The second-order valence-electron chi connectivity index (χ2n) is 4.62. The highest BCUT2D eigenvalue weighted by atomic mass is 35.5. The Balaban J connectivity index is 2.14. The molecule has 2 N–H and O–H groups in total. The van der Waals surface area contributed by atoms with Gasteiger partial charge in [-0.05, 0) is 23.8 Å². The lowest BCUT2D eigenvalue weighted by Gasteiger charge is -2.11. The largest absolute Gasteiger partial charge is 0.496 e. The minimum absolute atomic E-state index is 0.106. The summed E-state index contributed by atoms with van der Waals surface area (Å²) in [6.07, 6.45) is 0. The number of anilines is 1. The van der Waals surface area contributed by atoms with Gasteiger partial charge in [-0.15, -0.1) is 0 Å². The van der Waals surface area contributed by atoms with Crippen LogP contribution in [0.1, 0.15) is 15.9 Å². The van der Waals surface area contributed by atoms with Crippen LogP contribution in [0.3, 0.4) is 0 Å². The minimum Gasteiger partial charge on any atom is -0.496 e. The van der Waals surface area contributed by atoms with Crippen molar-refractivity contribution < 1.29 is 23.4 Å². The highest BCUT2D eigenvalue weighted by Crippen LogP contribution is 2.29. The van der Waals surface area contributed by atoms with Crippen LogP contribution in [0.15, 0.2) is 30.3 Å². The molecule has 0 fully saturated rings. The molecule has 0 saturated heterocycles. The SMILES string of the molecule is COc1ccc(COC(=O)c2cc(Cl)c(N)cc2OC)cc1F. The summed E-state index contributed by atoms with van der Waals surface area (Å²) in [4.78, 5) is 12.1. The molecule has 0 radical (unpaired) electrons. The first kappa shape index (κ1) is 16.9. The molecule has 0 spiro atoms. The molecule has 0 bridgehead atoms. The number of methoxy groups -OCH3 is 2. The molecule has 7 heteroatoms. The van der Waals surface area contributed by atoms with Crippen LogP contribution in [0.2, 0.25) is 5.02 Å². The maximum Gasteiger partial charge on any atom is 0.342 e. The smallest absolute Gasteiger partial charge is 0.342 e. The summed E-state index contributed by atoms with van der Waals surface area (Å²) in [5.74, 6) is -0.820. The van der Waals surface area contributed by atoms with E-state index in [0.717, 1.165) is 0 Å². The molecule has 0 aliphatic heterocycles. The number of carbonyl (C=O) groups excluding carboxylic acids is 1. The second-order valence-corrected chi connectivity index (χ2v) is 5.03. The van der Waals surface area contributed by atoms with Gasteiger partial charge in [0.2, 0.25) is 0 Å². The van der Waals surface area contributed by atoms with Crippen molar-refractivity contribution in [3.05, 3.63) is 52.3 Å². The van der Waals surface area contributed by atoms with Gasteiger partial charge in [0, 0.05) is 6.07 Å². The normalized spacial score (nSPS) is 10.3. The lowest BCUT2D eigenvalue weighted by molar-refractivity contribution is 0.0468. The summed E-state index contributed by atoms with van der Waals surface area (Å²) in [6, 6.07) is 7.10. The van der Waals surface area contributed by atoms with Gasteiger partial charge in [0.25, 0.3) is 0 Å². The lowest BCUT2D eigenvalue weighted by atomic mass is 10.1. The van der Waals surface area contributed by atoms with Crippen LogP contribution >= 0.6 is 11.6 Å². The molecule has 0 atom stereocenters. The van der Waals surface area contributed by atoms with Crippen LogP contribution in [0.25, 0.3) is 0 Å². The number of carbonyl (C=O) groups is 1. The maximum absolute atomic E-state index is 13.6. The highest BCUT2D eigenvalue weighted by molar-refractivity contribution is 6.33. The number of rotatable bonds is 5. The van der Waals surface area contributed by atoms with Crippen molar-refractivity contribution in [2.45, 2.75) is 6.61 Å². The van der Waals surface area contributed by atoms with Crippen LogP contribution in [-0.4, -0.2) is 20.2 Å². The molecule has 0 aliphatic rings. The molecule has 5 nitrogen and oxygen atoms in total. The number of hydrogen-bond acceptors (Lipinski definition) is 5. The molecule has 0 saturated carbocycles. The Hall–Kier alpha value is -2.47. The van der Waals surface area contributed by atoms with Gasteiger partial charge in [0.15, 0.2) is 11.6 Å². The monoisotopic (exact) mass is 339 g/mol. The predicted molar refractivity (Wildman–Crippen MR) is 84.5 cm³/mol. The third kappa shape index (κ3) is 3.84. The first-order chi connectivity index (χ1) is 11.0. The number of hydrogen-bond donors (Lipinski definition) is 1. The third-order valence-corrected chi connectivity index (χ3v) is 3.45. The van der Waals surface area contributed by atoms with E-state index in [9.17, 15) is 9.18 Å². The van der Waals surface area contributed by atoms with E-state index in [-0.39, 0.29) is 34.4 Å². The number of ether oxygens (including phenoxy) is 3. The quantitative estimate of drug-likeness (QED) is 0.667. The van der Waals surface area contributed by atoms with Crippen molar-refractivity contribution in [2.24, 2.45) is 0 Å². The average Bonchev–Trinajstić information content (AvgIpc) is 2.54. The van der Waals surface area contributed by atoms with Crippen molar-refractivity contribution >= 4 is 23.3 Å². The van der Waals surface area contributed by atoms with E-state index in [1.807, 2.05) is 0 Å². The van der Waals surface area contributed by atoms with E-state index < -0.39 is 11.8 Å². The maximum atomic E-state index is 13.6. The summed E-state index contributed by atoms with van der Waals surface area (Å²) in [5.41, 5.74) is 6.57. The Kier molecular flexibility index (Phi) is 5.28. The molecule has 2 aromatic carbocycles. The standard InChI is InChI=1S/C16H15ClFNO4/c1-21-14-4-3-9(5-12(14)18)8-23-16(20)10-6-11(17)13(19)7-15(10)22-2/h3-7H,8,19H2,1-2H3. The number of nitrogens with two attached hydrogens (primary N) is 1. The molecule has 0 amide bonds. The van der Waals surface area contributed by atoms with Gasteiger partial charge in [-0.2, -0.15) is 0 Å². The van der Waals surface area contributed by atoms with E-state index in [0.29, 0.717) is 5.56 Å². The van der Waals surface area contributed by atoms with Gasteiger partial charge in [-0.25, -0.2) is 9.18 Å². The summed E-state index contributed by atoms with van der Waals surface area (Å²) in [7, 11) is 2.77. The Bertz CT molecular complexity index is 736.